The second-order valence-electron chi connectivity index (χ2n) is 11.6. The van der Waals surface area contributed by atoms with Crippen molar-refractivity contribution in [3.63, 3.8) is 0 Å². The van der Waals surface area contributed by atoms with E-state index in [1.165, 1.54) is 4.90 Å². The number of imide groups is 1. The summed E-state index contributed by atoms with van der Waals surface area (Å²) >= 11 is 0. The van der Waals surface area contributed by atoms with Crippen molar-refractivity contribution in [2.45, 2.75) is 77.9 Å². The molecule has 38 heavy (non-hydrogen) atoms. The molecule has 2 atom stereocenters. The third-order valence-electron chi connectivity index (χ3n) is 7.31. The standard InChI is InChI=1S/C28H34N4O6/c1-28(2,3)14-20-13-22(30-38-20)27(36)31-11-5-4-6-18(31)16-37-19-7-8-21-17(12-19)15-32(26(21)35)23-9-10-24(33)29-25(23)34/h7-8,12-13,18,23H,4-6,9-11,14-16H2,1-3H3,(H,29,33,34)/t18-,23?/m0/s1. The number of likely N-dealkylation sites (tertiary alicyclic amines) is 1. The zero-order valence-corrected chi connectivity index (χ0v) is 22.1. The van der Waals surface area contributed by atoms with E-state index in [4.69, 9.17) is 9.26 Å². The van der Waals surface area contributed by atoms with E-state index in [2.05, 4.69) is 31.2 Å². The molecular formula is C28H34N4O6. The Bertz CT molecular complexity index is 1260. The van der Waals surface area contributed by atoms with Crippen LogP contribution in [0.2, 0.25) is 0 Å². The van der Waals surface area contributed by atoms with Gasteiger partial charge in [0, 0.05) is 37.6 Å². The summed E-state index contributed by atoms with van der Waals surface area (Å²) in [6.07, 6.45) is 3.99. The molecule has 1 N–H and O–H groups in total. The monoisotopic (exact) mass is 522 g/mol. The van der Waals surface area contributed by atoms with Gasteiger partial charge in [0.2, 0.25) is 11.8 Å². The number of rotatable bonds is 6. The number of ether oxygens (including phenoxy) is 1. The first-order valence-electron chi connectivity index (χ1n) is 13.3. The molecular weight excluding hydrogens is 488 g/mol. The van der Waals surface area contributed by atoms with Gasteiger partial charge in [-0.1, -0.05) is 25.9 Å². The molecule has 2 fully saturated rings. The van der Waals surface area contributed by atoms with Crippen molar-refractivity contribution in [2.75, 3.05) is 13.2 Å². The molecule has 2 aromatic rings. The quantitative estimate of drug-likeness (QED) is 0.579. The smallest absolute Gasteiger partial charge is 0.276 e. The Morgan fingerprint density at radius 3 is 2.74 bits per heavy atom. The van der Waals surface area contributed by atoms with Crippen LogP contribution >= 0.6 is 0 Å². The number of hydrogen-bond donors (Lipinski definition) is 1. The number of aromatic nitrogens is 1. The Morgan fingerprint density at radius 2 is 1.97 bits per heavy atom. The lowest BCUT2D eigenvalue weighted by molar-refractivity contribution is -0.136. The summed E-state index contributed by atoms with van der Waals surface area (Å²) in [7, 11) is 0. The van der Waals surface area contributed by atoms with Crippen LogP contribution in [0.4, 0.5) is 0 Å². The van der Waals surface area contributed by atoms with E-state index in [0.717, 1.165) is 24.8 Å². The minimum Gasteiger partial charge on any atom is -0.491 e. The summed E-state index contributed by atoms with van der Waals surface area (Å²) in [5, 5.41) is 6.36. The number of carbonyl (C=O) groups is 4. The van der Waals surface area contributed by atoms with Gasteiger partial charge in [0.1, 0.15) is 24.2 Å². The zero-order chi connectivity index (χ0) is 27.0. The molecule has 4 heterocycles. The molecule has 1 aromatic heterocycles. The molecule has 3 aliphatic heterocycles. The van der Waals surface area contributed by atoms with Gasteiger partial charge in [-0.2, -0.15) is 0 Å². The van der Waals surface area contributed by atoms with Gasteiger partial charge in [0.15, 0.2) is 5.69 Å². The molecule has 10 nitrogen and oxygen atoms in total. The van der Waals surface area contributed by atoms with Crippen molar-refractivity contribution in [2.24, 2.45) is 5.41 Å². The SMILES string of the molecule is CC(C)(C)Cc1cc(C(=O)N2CCCC[C@H]2COc2ccc3c(c2)CN(C2CCC(=O)NC2=O)C3=O)no1. The molecule has 10 heteroatoms. The second-order valence-corrected chi connectivity index (χ2v) is 11.6. The Morgan fingerprint density at radius 1 is 1.16 bits per heavy atom. The lowest BCUT2D eigenvalue weighted by Gasteiger charge is -2.35. The molecule has 0 aliphatic carbocycles. The number of carbonyl (C=O) groups excluding carboxylic acids is 4. The lowest BCUT2D eigenvalue weighted by Crippen LogP contribution is -2.52. The average Bonchev–Trinajstić information content (AvgIpc) is 3.45. The predicted molar refractivity (Wildman–Crippen MR) is 136 cm³/mol. The maximum Gasteiger partial charge on any atom is 0.276 e. The first-order chi connectivity index (χ1) is 18.1. The molecule has 0 saturated carbocycles. The molecule has 1 aromatic carbocycles. The van der Waals surface area contributed by atoms with Crippen LogP contribution < -0.4 is 10.1 Å². The Kier molecular flexibility index (Phi) is 6.98. The summed E-state index contributed by atoms with van der Waals surface area (Å²) in [5.74, 6) is 0.192. The normalized spacial score (nSPS) is 21.9. The second kappa shape index (κ2) is 10.2. The molecule has 2 saturated heterocycles. The molecule has 5 rings (SSSR count). The van der Waals surface area contributed by atoms with Crippen LogP contribution in [0.5, 0.6) is 5.75 Å². The molecule has 4 amide bonds. The van der Waals surface area contributed by atoms with E-state index in [1.54, 1.807) is 18.2 Å². The van der Waals surface area contributed by atoms with Gasteiger partial charge < -0.3 is 19.1 Å². The van der Waals surface area contributed by atoms with E-state index >= 15 is 0 Å². The summed E-state index contributed by atoms with van der Waals surface area (Å²) in [5.41, 5.74) is 1.66. The number of nitrogens with one attached hydrogen (secondary N) is 1. The highest BCUT2D eigenvalue weighted by Crippen LogP contribution is 2.31. The van der Waals surface area contributed by atoms with E-state index in [-0.39, 0.29) is 42.1 Å². The first kappa shape index (κ1) is 25.9. The zero-order valence-electron chi connectivity index (χ0n) is 22.1. The predicted octanol–water partition coefficient (Wildman–Crippen LogP) is 3.10. The topological polar surface area (TPSA) is 122 Å². The van der Waals surface area contributed by atoms with Gasteiger partial charge in [-0.3, -0.25) is 24.5 Å². The largest absolute Gasteiger partial charge is 0.491 e. The van der Waals surface area contributed by atoms with Crippen molar-refractivity contribution < 1.29 is 28.4 Å². The van der Waals surface area contributed by atoms with Gasteiger partial charge in [0.25, 0.3) is 11.8 Å². The third kappa shape index (κ3) is 5.44. The molecule has 3 aliphatic rings. The van der Waals surface area contributed by atoms with E-state index < -0.39 is 11.9 Å². The van der Waals surface area contributed by atoms with E-state index in [1.807, 2.05) is 11.0 Å². The lowest BCUT2D eigenvalue weighted by atomic mass is 9.91. The summed E-state index contributed by atoms with van der Waals surface area (Å²) in [6, 6.07) is 6.27. The van der Waals surface area contributed by atoms with Crippen molar-refractivity contribution in [3.05, 3.63) is 46.8 Å². The van der Waals surface area contributed by atoms with Crippen LogP contribution in [0.1, 0.15) is 85.0 Å². The fourth-order valence-electron chi connectivity index (χ4n) is 5.44. The Hall–Kier alpha value is -3.69. The Balaban J connectivity index is 1.23. The van der Waals surface area contributed by atoms with Crippen LogP contribution in [0, 0.1) is 5.41 Å². The van der Waals surface area contributed by atoms with Crippen molar-refractivity contribution in [1.29, 1.82) is 0 Å². The van der Waals surface area contributed by atoms with Gasteiger partial charge in [-0.25, -0.2) is 0 Å². The van der Waals surface area contributed by atoms with E-state index in [9.17, 15) is 19.2 Å². The minimum absolute atomic E-state index is 0.0285. The Labute approximate surface area is 221 Å². The van der Waals surface area contributed by atoms with Gasteiger partial charge in [-0.15, -0.1) is 0 Å². The highest BCUT2D eigenvalue weighted by molar-refractivity contribution is 6.05. The highest BCUT2D eigenvalue weighted by atomic mass is 16.5. The third-order valence-corrected chi connectivity index (χ3v) is 7.31. The van der Waals surface area contributed by atoms with Crippen LogP contribution in [-0.2, 0) is 22.6 Å². The average molecular weight is 523 g/mol. The maximum atomic E-state index is 13.3. The highest BCUT2D eigenvalue weighted by Gasteiger charge is 2.39. The molecule has 1 unspecified atom stereocenters. The van der Waals surface area contributed by atoms with Crippen LogP contribution in [0.3, 0.4) is 0 Å². The number of fused-ring (bicyclic) bond motifs is 1. The van der Waals surface area contributed by atoms with Crippen LogP contribution in [0.25, 0.3) is 0 Å². The molecule has 0 bridgehead atoms. The summed E-state index contributed by atoms with van der Waals surface area (Å²) in [6.45, 7) is 7.56. The van der Waals surface area contributed by atoms with Crippen molar-refractivity contribution >= 4 is 23.6 Å². The van der Waals surface area contributed by atoms with Gasteiger partial charge in [0.05, 0.1) is 6.04 Å². The number of nitrogens with zero attached hydrogens (tertiary/aromatic N) is 3. The van der Waals surface area contributed by atoms with Crippen LogP contribution in [-0.4, -0.2) is 63.8 Å². The molecule has 202 valence electrons. The van der Waals surface area contributed by atoms with E-state index in [0.29, 0.717) is 48.8 Å². The number of benzene rings is 1. The number of hydrogen-bond acceptors (Lipinski definition) is 7. The van der Waals surface area contributed by atoms with Crippen molar-refractivity contribution in [3.8, 4) is 5.75 Å². The molecule has 0 spiro atoms. The number of amides is 4. The molecule has 0 radical (unpaired) electrons. The maximum absolute atomic E-state index is 13.3. The fourth-order valence-corrected chi connectivity index (χ4v) is 5.44. The first-order valence-corrected chi connectivity index (χ1v) is 13.3. The fraction of sp³-hybridized carbons (Fsp3) is 0.536. The summed E-state index contributed by atoms with van der Waals surface area (Å²) < 4.78 is 11.5. The van der Waals surface area contributed by atoms with Crippen molar-refractivity contribution in [1.82, 2.24) is 20.3 Å². The van der Waals surface area contributed by atoms with Gasteiger partial charge in [-0.05, 0) is 54.9 Å². The van der Waals surface area contributed by atoms with Gasteiger partial charge >= 0.3 is 0 Å². The minimum atomic E-state index is -0.653. The number of piperidine rings is 2. The van der Waals surface area contributed by atoms with Crippen LogP contribution in [0.15, 0.2) is 28.8 Å². The summed E-state index contributed by atoms with van der Waals surface area (Å²) in [4.78, 5) is 53.3.